The van der Waals surface area contributed by atoms with Crippen LogP contribution in [0.3, 0.4) is 0 Å². The van der Waals surface area contributed by atoms with Gasteiger partial charge in [-0.05, 0) is 30.5 Å². The SMILES string of the molecule is Cc1cc2c(c(NC3=CC(=O)N(CCO)C3=O)c1)NC(=O)CC2. The molecule has 2 aliphatic rings. The molecule has 2 heterocycles. The Morgan fingerprint density at radius 1 is 1.26 bits per heavy atom. The van der Waals surface area contributed by atoms with E-state index >= 15 is 0 Å². The molecule has 7 nitrogen and oxygen atoms in total. The lowest BCUT2D eigenvalue weighted by molar-refractivity contribution is -0.137. The van der Waals surface area contributed by atoms with Gasteiger partial charge in [0.1, 0.15) is 5.70 Å². The summed E-state index contributed by atoms with van der Waals surface area (Å²) < 4.78 is 0. The van der Waals surface area contributed by atoms with Gasteiger partial charge in [0.25, 0.3) is 11.8 Å². The van der Waals surface area contributed by atoms with Crippen molar-refractivity contribution in [2.24, 2.45) is 0 Å². The number of hydrogen-bond donors (Lipinski definition) is 3. The maximum atomic E-state index is 12.2. The van der Waals surface area contributed by atoms with Gasteiger partial charge in [0.15, 0.2) is 0 Å². The molecule has 0 atom stereocenters. The topological polar surface area (TPSA) is 98.7 Å². The van der Waals surface area contributed by atoms with E-state index in [0.717, 1.165) is 16.0 Å². The number of nitrogens with zero attached hydrogens (tertiary/aromatic N) is 1. The average Bonchev–Trinajstić information content (AvgIpc) is 2.76. The molecular formula is C16H17N3O4. The second-order valence-corrected chi connectivity index (χ2v) is 5.60. The van der Waals surface area contributed by atoms with Gasteiger partial charge in [-0.1, -0.05) is 6.07 Å². The van der Waals surface area contributed by atoms with Crippen molar-refractivity contribution >= 4 is 29.1 Å². The Morgan fingerprint density at radius 3 is 2.78 bits per heavy atom. The van der Waals surface area contributed by atoms with E-state index in [1.165, 1.54) is 6.08 Å². The van der Waals surface area contributed by atoms with Gasteiger partial charge >= 0.3 is 0 Å². The number of hydrogen-bond acceptors (Lipinski definition) is 5. The molecule has 0 spiro atoms. The average molecular weight is 315 g/mol. The van der Waals surface area contributed by atoms with Gasteiger partial charge in [0.05, 0.1) is 24.5 Å². The number of fused-ring (bicyclic) bond motifs is 1. The van der Waals surface area contributed by atoms with E-state index in [1.807, 2.05) is 19.1 Å². The summed E-state index contributed by atoms with van der Waals surface area (Å²) >= 11 is 0. The van der Waals surface area contributed by atoms with E-state index in [0.29, 0.717) is 24.2 Å². The van der Waals surface area contributed by atoms with Gasteiger partial charge in [-0.25, -0.2) is 0 Å². The first-order valence-electron chi connectivity index (χ1n) is 7.38. The second-order valence-electron chi connectivity index (χ2n) is 5.60. The Hall–Kier alpha value is -2.67. The molecule has 1 aromatic carbocycles. The van der Waals surface area contributed by atoms with Crippen LogP contribution in [0.25, 0.3) is 0 Å². The molecule has 2 aliphatic heterocycles. The predicted octanol–water partition coefficient (Wildman–Crippen LogP) is 0.537. The molecule has 0 bridgehead atoms. The highest BCUT2D eigenvalue weighted by atomic mass is 16.3. The minimum atomic E-state index is -0.485. The maximum Gasteiger partial charge on any atom is 0.277 e. The third-order valence-electron chi connectivity index (χ3n) is 3.85. The highest BCUT2D eigenvalue weighted by Gasteiger charge is 2.31. The van der Waals surface area contributed by atoms with Crippen molar-refractivity contribution in [3.63, 3.8) is 0 Å². The summed E-state index contributed by atoms with van der Waals surface area (Å²) in [6.07, 6.45) is 2.28. The van der Waals surface area contributed by atoms with Crippen molar-refractivity contribution in [1.29, 1.82) is 0 Å². The normalized spacial score (nSPS) is 17.0. The zero-order chi connectivity index (χ0) is 16.6. The molecule has 0 saturated carbocycles. The lowest BCUT2D eigenvalue weighted by atomic mass is 9.99. The molecule has 120 valence electrons. The number of nitrogens with one attached hydrogen (secondary N) is 2. The molecule has 3 N–H and O–H groups in total. The first-order valence-corrected chi connectivity index (χ1v) is 7.38. The van der Waals surface area contributed by atoms with Crippen LogP contribution in [0.4, 0.5) is 11.4 Å². The van der Waals surface area contributed by atoms with Crippen molar-refractivity contribution in [3.8, 4) is 0 Å². The third-order valence-corrected chi connectivity index (χ3v) is 3.85. The number of anilines is 2. The van der Waals surface area contributed by atoms with Crippen LogP contribution in [0.15, 0.2) is 23.9 Å². The number of imide groups is 1. The van der Waals surface area contributed by atoms with Crippen LogP contribution in [-0.2, 0) is 20.8 Å². The van der Waals surface area contributed by atoms with Crippen LogP contribution in [0.2, 0.25) is 0 Å². The predicted molar refractivity (Wildman–Crippen MR) is 83.6 cm³/mol. The monoisotopic (exact) mass is 315 g/mol. The van der Waals surface area contributed by atoms with Crippen LogP contribution in [0.5, 0.6) is 0 Å². The molecule has 0 unspecified atom stereocenters. The largest absolute Gasteiger partial charge is 0.395 e. The lowest BCUT2D eigenvalue weighted by Gasteiger charge is -2.22. The van der Waals surface area contributed by atoms with Crippen molar-refractivity contribution in [2.45, 2.75) is 19.8 Å². The zero-order valence-electron chi connectivity index (χ0n) is 12.7. The number of aryl methyl sites for hydroxylation is 2. The summed E-state index contributed by atoms with van der Waals surface area (Å²) in [6.45, 7) is 1.60. The molecule has 1 aromatic rings. The Bertz CT molecular complexity index is 739. The van der Waals surface area contributed by atoms with Crippen molar-refractivity contribution in [3.05, 3.63) is 35.0 Å². The molecule has 0 aliphatic carbocycles. The van der Waals surface area contributed by atoms with Crippen molar-refractivity contribution in [2.75, 3.05) is 23.8 Å². The lowest BCUT2D eigenvalue weighted by Crippen LogP contribution is -2.34. The number of aliphatic hydroxyl groups is 1. The van der Waals surface area contributed by atoms with E-state index < -0.39 is 11.8 Å². The van der Waals surface area contributed by atoms with Crippen LogP contribution in [-0.4, -0.2) is 40.9 Å². The molecule has 3 amide bonds. The summed E-state index contributed by atoms with van der Waals surface area (Å²) in [7, 11) is 0. The van der Waals surface area contributed by atoms with E-state index in [9.17, 15) is 14.4 Å². The summed E-state index contributed by atoms with van der Waals surface area (Å²) in [6, 6.07) is 3.81. The van der Waals surface area contributed by atoms with Crippen LogP contribution < -0.4 is 10.6 Å². The molecule has 0 saturated heterocycles. The summed E-state index contributed by atoms with van der Waals surface area (Å²) in [5.41, 5.74) is 3.36. The van der Waals surface area contributed by atoms with Crippen molar-refractivity contribution < 1.29 is 19.5 Å². The fourth-order valence-electron chi connectivity index (χ4n) is 2.81. The number of aliphatic hydroxyl groups excluding tert-OH is 1. The van der Waals surface area contributed by atoms with Gasteiger partial charge in [-0.3, -0.25) is 19.3 Å². The number of carbonyl (C=O) groups excluding carboxylic acids is 3. The molecule has 23 heavy (non-hydrogen) atoms. The summed E-state index contributed by atoms with van der Waals surface area (Å²) in [5, 5.41) is 14.7. The maximum absolute atomic E-state index is 12.2. The van der Waals surface area contributed by atoms with Gasteiger partial charge in [-0.2, -0.15) is 0 Å². The smallest absolute Gasteiger partial charge is 0.277 e. The van der Waals surface area contributed by atoms with Gasteiger partial charge in [-0.15, -0.1) is 0 Å². The van der Waals surface area contributed by atoms with Gasteiger partial charge < -0.3 is 15.7 Å². The summed E-state index contributed by atoms with van der Waals surface area (Å²) in [4.78, 5) is 36.6. The number of benzene rings is 1. The van der Waals surface area contributed by atoms with Gasteiger partial charge in [0.2, 0.25) is 5.91 Å². The first-order chi connectivity index (χ1) is 11.0. The first kappa shape index (κ1) is 15.2. The number of rotatable bonds is 4. The van der Waals surface area contributed by atoms with E-state index in [1.54, 1.807) is 0 Å². The highest BCUT2D eigenvalue weighted by molar-refractivity contribution is 6.17. The second kappa shape index (κ2) is 5.85. The Balaban J connectivity index is 1.91. The van der Waals surface area contributed by atoms with E-state index in [2.05, 4.69) is 10.6 Å². The van der Waals surface area contributed by atoms with E-state index in [4.69, 9.17) is 5.11 Å². The minimum absolute atomic E-state index is 0.0397. The van der Waals surface area contributed by atoms with Crippen LogP contribution in [0, 0.1) is 6.92 Å². The highest BCUT2D eigenvalue weighted by Crippen LogP contribution is 2.33. The molecule has 0 aromatic heterocycles. The molecule has 7 heteroatoms. The number of amides is 3. The fraction of sp³-hybridized carbons (Fsp3) is 0.312. The molecule has 3 rings (SSSR count). The van der Waals surface area contributed by atoms with Crippen LogP contribution >= 0.6 is 0 Å². The van der Waals surface area contributed by atoms with Crippen LogP contribution in [0.1, 0.15) is 17.5 Å². The van der Waals surface area contributed by atoms with Crippen molar-refractivity contribution in [1.82, 2.24) is 4.90 Å². The quantitative estimate of drug-likeness (QED) is 0.704. The zero-order valence-corrected chi connectivity index (χ0v) is 12.7. The number of carbonyl (C=O) groups is 3. The Kier molecular flexibility index (Phi) is 3.87. The molecule has 0 fully saturated rings. The van der Waals surface area contributed by atoms with Gasteiger partial charge in [0, 0.05) is 12.5 Å². The standard InChI is InChI=1S/C16H17N3O4/c1-9-6-10-2-3-13(21)18-15(10)11(7-9)17-12-8-14(22)19(4-5-20)16(12)23/h6-8,17,20H,2-5H2,1H3,(H,18,21). The molecular weight excluding hydrogens is 298 g/mol. The molecule has 0 radical (unpaired) electrons. The Morgan fingerprint density at radius 2 is 2.04 bits per heavy atom. The van der Waals surface area contributed by atoms with E-state index in [-0.39, 0.29) is 24.8 Å². The third kappa shape index (κ3) is 2.83. The fourth-order valence-corrected chi connectivity index (χ4v) is 2.81. The summed E-state index contributed by atoms with van der Waals surface area (Å²) in [5.74, 6) is -1.02. The minimum Gasteiger partial charge on any atom is -0.395 e. The Labute approximate surface area is 133 Å². The number of β-amino-alcohol motifs (C(OH)–C–C–N with tert-alkyl or cyclic N) is 1.